The molecule has 0 bridgehead atoms. The monoisotopic (exact) mass is 399 g/mol. The highest BCUT2D eigenvalue weighted by molar-refractivity contribution is 7.86. The third kappa shape index (κ3) is 4.53. The lowest BCUT2D eigenvalue weighted by molar-refractivity contribution is 0.0595. The van der Waals surface area contributed by atoms with Crippen LogP contribution in [0.3, 0.4) is 0 Å². The lowest BCUT2D eigenvalue weighted by atomic mass is 9.96. The van der Waals surface area contributed by atoms with E-state index in [9.17, 15) is 13.2 Å². The van der Waals surface area contributed by atoms with Gasteiger partial charge in [0.25, 0.3) is 10.2 Å². The summed E-state index contributed by atoms with van der Waals surface area (Å²) in [5, 5.41) is 0. The van der Waals surface area contributed by atoms with Crippen molar-refractivity contribution in [2.45, 2.75) is 44.7 Å². The summed E-state index contributed by atoms with van der Waals surface area (Å²) in [6.45, 7) is 2.53. The van der Waals surface area contributed by atoms with Crippen LogP contribution in [-0.2, 0) is 21.5 Å². The summed E-state index contributed by atoms with van der Waals surface area (Å²) in [5.41, 5.74) is 0.421. The molecular weight excluding hydrogens is 370 g/mol. The number of hydrogen-bond acceptors (Lipinski definition) is 6. The fourth-order valence-electron chi connectivity index (χ4n) is 3.89. The molecule has 1 saturated carbocycles. The van der Waals surface area contributed by atoms with Gasteiger partial charge < -0.3 is 9.15 Å². The molecule has 9 heteroatoms. The summed E-state index contributed by atoms with van der Waals surface area (Å²) < 4.78 is 39.2. The second kappa shape index (κ2) is 8.72. The molecule has 0 atom stereocenters. The Balaban J connectivity index is 1.57. The van der Waals surface area contributed by atoms with Gasteiger partial charge in [-0.1, -0.05) is 19.3 Å². The number of methoxy groups -OCH3 is 1. The first-order valence-electron chi connectivity index (χ1n) is 9.53. The number of esters is 1. The van der Waals surface area contributed by atoms with Gasteiger partial charge in [-0.2, -0.15) is 17.0 Å². The second-order valence-electron chi connectivity index (χ2n) is 7.24. The highest BCUT2D eigenvalue weighted by atomic mass is 32.2. The van der Waals surface area contributed by atoms with E-state index in [1.54, 1.807) is 21.7 Å². The van der Waals surface area contributed by atoms with E-state index in [0.29, 0.717) is 44.0 Å². The lowest BCUT2D eigenvalue weighted by Crippen LogP contribution is -2.54. The fourth-order valence-corrected chi connectivity index (χ4v) is 5.47. The molecule has 0 unspecified atom stereocenters. The van der Waals surface area contributed by atoms with Crippen LogP contribution in [0.5, 0.6) is 0 Å². The van der Waals surface area contributed by atoms with Crippen LogP contribution in [0.15, 0.2) is 16.7 Å². The maximum atomic E-state index is 12.9. The predicted molar refractivity (Wildman–Crippen MR) is 100 cm³/mol. The van der Waals surface area contributed by atoms with Gasteiger partial charge in [0.15, 0.2) is 0 Å². The average molecular weight is 400 g/mol. The first kappa shape index (κ1) is 20.3. The summed E-state index contributed by atoms with van der Waals surface area (Å²) in [5.74, 6) is 0.131. The van der Waals surface area contributed by atoms with Crippen molar-refractivity contribution in [2.75, 3.05) is 40.3 Å². The maximum Gasteiger partial charge on any atom is 0.341 e. The van der Waals surface area contributed by atoms with Crippen molar-refractivity contribution in [1.82, 2.24) is 13.5 Å². The molecule has 2 fully saturated rings. The van der Waals surface area contributed by atoms with Gasteiger partial charge in [0.05, 0.1) is 19.9 Å². The molecule has 3 rings (SSSR count). The average Bonchev–Trinajstić information content (AvgIpc) is 3.16. The topological polar surface area (TPSA) is 83.3 Å². The van der Waals surface area contributed by atoms with Crippen LogP contribution >= 0.6 is 0 Å². The molecule has 1 aromatic rings. The Hall–Kier alpha value is -1.42. The molecule has 0 aromatic carbocycles. The molecule has 8 nitrogen and oxygen atoms in total. The first-order valence-corrected chi connectivity index (χ1v) is 10.9. The Morgan fingerprint density at radius 2 is 1.89 bits per heavy atom. The second-order valence-corrected chi connectivity index (χ2v) is 9.23. The summed E-state index contributed by atoms with van der Waals surface area (Å²) >= 11 is 0. The quantitative estimate of drug-likeness (QED) is 0.677. The molecule has 0 amide bonds. The molecule has 1 aliphatic carbocycles. The van der Waals surface area contributed by atoms with E-state index in [1.807, 2.05) is 0 Å². The third-order valence-electron chi connectivity index (χ3n) is 5.63. The standard InChI is InChI=1S/C18H29N3O5S/c1-19(15-6-4-3-5-7-15)27(23,24)21-11-9-20(10-12-21)14-17-16(8-13-26-17)18(22)25-2/h8,13,15H,3-7,9-12,14H2,1-2H3. The number of carbonyl (C=O) groups is 1. The molecule has 2 aliphatic rings. The molecule has 0 spiro atoms. The minimum absolute atomic E-state index is 0.118. The van der Waals surface area contributed by atoms with Gasteiger partial charge in [0.1, 0.15) is 11.3 Å². The Morgan fingerprint density at radius 1 is 1.22 bits per heavy atom. The van der Waals surface area contributed by atoms with Crippen LogP contribution in [0.1, 0.15) is 48.2 Å². The van der Waals surface area contributed by atoms with Crippen LogP contribution < -0.4 is 0 Å². The van der Waals surface area contributed by atoms with E-state index in [2.05, 4.69) is 4.90 Å². The Morgan fingerprint density at radius 3 is 2.52 bits per heavy atom. The number of hydrogen-bond donors (Lipinski definition) is 0. The van der Waals surface area contributed by atoms with Crippen LogP contribution in [-0.4, -0.2) is 74.3 Å². The normalized spacial score (nSPS) is 20.9. The number of rotatable bonds is 6. The highest BCUT2D eigenvalue weighted by Crippen LogP contribution is 2.25. The number of carbonyl (C=O) groups excluding carboxylic acids is 1. The van der Waals surface area contributed by atoms with Crippen molar-refractivity contribution in [2.24, 2.45) is 0 Å². The van der Waals surface area contributed by atoms with Crippen LogP contribution in [0.2, 0.25) is 0 Å². The SMILES string of the molecule is COC(=O)c1ccoc1CN1CCN(S(=O)(=O)N(C)C2CCCCC2)CC1. The zero-order valence-corrected chi connectivity index (χ0v) is 16.9. The van der Waals surface area contributed by atoms with Crippen LogP contribution in [0.4, 0.5) is 0 Å². The predicted octanol–water partition coefficient (Wildman–Crippen LogP) is 1.69. The molecule has 1 aliphatic heterocycles. The molecular formula is C18H29N3O5S. The molecule has 2 heterocycles. The summed E-state index contributed by atoms with van der Waals surface area (Å²) in [7, 11) is -0.380. The van der Waals surface area contributed by atoms with Crippen molar-refractivity contribution < 1.29 is 22.4 Å². The highest BCUT2D eigenvalue weighted by Gasteiger charge is 2.34. The minimum atomic E-state index is -3.43. The van der Waals surface area contributed by atoms with Crippen molar-refractivity contribution in [1.29, 1.82) is 0 Å². The van der Waals surface area contributed by atoms with Crippen molar-refractivity contribution in [3.8, 4) is 0 Å². The number of nitrogens with zero attached hydrogens (tertiary/aromatic N) is 3. The minimum Gasteiger partial charge on any atom is -0.467 e. The van der Waals surface area contributed by atoms with Gasteiger partial charge in [0, 0.05) is 39.3 Å². The smallest absolute Gasteiger partial charge is 0.341 e. The Labute approximate surface area is 161 Å². The Kier molecular flexibility index (Phi) is 6.56. The van der Waals surface area contributed by atoms with Crippen molar-refractivity contribution in [3.05, 3.63) is 23.7 Å². The first-order chi connectivity index (χ1) is 12.9. The van der Waals surface area contributed by atoms with Gasteiger partial charge >= 0.3 is 5.97 Å². The van der Waals surface area contributed by atoms with Gasteiger partial charge in [-0.15, -0.1) is 0 Å². The van der Waals surface area contributed by atoms with E-state index in [0.717, 1.165) is 25.7 Å². The number of furan rings is 1. The molecule has 0 N–H and O–H groups in total. The summed E-state index contributed by atoms with van der Waals surface area (Å²) in [4.78, 5) is 13.8. The molecule has 152 valence electrons. The fraction of sp³-hybridized carbons (Fsp3) is 0.722. The molecule has 1 saturated heterocycles. The van der Waals surface area contributed by atoms with E-state index in [-0.39, 0.29) is 6.04 Å². The van der Waals surface area contributed by atoms with Crippen LogP contribution in [0.25, 0.3) is 0 Å². The number of ether oxygens (including phenoxy) is 1. The van der Waals surface area contributed by atoms with Crippen molar-refractivity contribution in [3.63, 3.8) is 0 Å². The molecule has 27 heavy (non-hydrogen) atoms. The van der Waals surface area contributed by atoms with Gasteiger partial charge in [-0.05, 0) is 18.9 Å². The third-order valence-corrected chi connectivity index (χ3v) is 7.67. The molecule has 0 radical (unpaired) electrons. The van der Waals surface area contributed by atoms with Crippen molar-refractivity contribution >= 4 is 16.2 Å². The Bertz CT molecular complexity index is 734. The maximum absolute atomic E-state index is 12.9. The van der Waals surface area contributed by atoms with Gasteiger partial charge in [0.2, 0.25) is 0 Å². The largest absolute Gasteiger partial charge is 0.467 e. The van der Waals surface area contributed by atoms with Crippen LogP contribution in [0, 0.1) is 0 Å². The van der Waals surface area contributed by atoms with E-state index >= 15 is 0 Å². The number of piperazine rings is 1. The van der Waals surface area contributed by atoms with E-state index in [1.165, 1.54) is 19.8 Å². The zero-order chi connectivity index (χ0) is 19.4. The van der Waals surface area contributed by atoms with E-state index < -0.39 is 16.2 Å². The molecule has 1 aromatic heterocycles. The summed E-state index contributed by atoms with van der Waals surface area (Å²) in [6, 6.07) is 1.72. The summed E-state index contributed by atoms with van der Waals surface area (Å²) in [6.07, 6.45) is 6.77. The van der Waals surface area contributed by atoms with Gasteiger partial charge in [-0.3, -0.25) is 4.90 Å². The van der Waals surface area contributed by atoms with Gasteiger partial charge in [-0.25, -0.2) is 4.79 Å². The van der Waals surface area contributed by atoms with E-state index in [4.69, 9.17) is 9.15 Å². The lowest BCUT2D eigenvalue weighted by Gasteiger charge is -2.38. The zero-order valence-electron chi connectivity index (χ0n) is 16.1.